The van der Waals surface area contributed by atoms with Gasteiger partial charge in [0.05, 0.1) is 23.3 Å². The lowest BCUT2D eigenvalue weighted by molar-refractivity contribution is -0.119. The number of nitrogens with zero attached hydrogens (tertiary/aromatic N) is 1. The van der Waals surface area contributed by atoms with Crippen molar-refractivity contribution < 1.29 is 14.3 Å². The van der Waals surface area contributed by atoms with Crippen molar-refractivity contribution in [2.24, 2.45) is 0 Å². The number of methoxy groups -OCH3 is 1. The number of rotatable bonds is 5. The van der Waals surface area contributed by atoms with E-state index >= 15 is 0 Å². The molecule has 1 aliphatic rings. The van der Waals surface area contributed by atoms with Crippen molar-refractivity contribution in [3.05, 3.63) is 64.1 Å². The quantitative estimate of drug-likeness (QED) is 0.702. The number of imide groups is 1. The van der Waals surface area contributed by atoms with E-state index in [2.05, 4.69) is 0 Å². The van der Waals surface area contributed by atoms with Crippen LogP contribution in [0.4, 0.5) is 5.69 Å². The van der Waals surface area contributed by atoms with E-state index < -0.39 is 0 Å². The van der Waals surface area contributed by atoms with Crippen LogP contribution in [0.15, 0.2) is 47.4 Å². The first-order valence-corrected chi connectivity index (χ1v) is 9.73. The van der Waals surface area contributed by atoms with Gasteiger partial charge in [0.1, 0.15) is 5.75 Å². The highest BCUT2D eigenvalue weighted by Gasteiger charge is 2.41. The van der Waals surface area contributed by atoms with Crippen molar-refractivity contribution in [3.8, 4) is 5.75 Å². The van der Waals surface area contributed by atoms with E-state index in [0.717, 1.165) is 16.7 Å². The molecule has 0 atom stereocenters. The van der Waals surface area contributed by atoms with Crippen molar-refractivity contribution in [2.75, 3.05) is 12.0 Å². The number of benzene rings is 2. The van der Waals surface area contributed by atoms with Crippen LogP contribution in [0.2, 0.25) is 0 Å². The van der Waals surface area contributed by atoms with Gasteiger partial charge >= 0.3 is 0 Å². The number of amides is 2. The topological polar surface area (TPSA) is 46.6 Å². The van der Waals surface area contributed by atoms with Crippen molar-refractivity contribution in [3.63, 3.8) is 0 Å². The van der Waals surface area contributed by atoms with E-state index in [1.54, 1.807) is 18.2 Å². The fourth-order valence-corrected chi connectivity index (χ4v) is 4.20. The standard InChI is InChI=1S/C22H23NO3S/c1-13(2)27-20-19(16-11-10-14(3)12-15(16)4)21(24)23(22(20)25)17-8-6-7-9-18(17)26-5/h6-13H,1-5H3. The number of hydrogen-bond acceptors (Lipinski definition) is 4. The average molecular weight is 381 g/mol. The highest BCUT2D eigenvalue weighted by molar-refractivity contribution is 8.04. The molecular formula is C22H23NO3S. The van der Waals surface area contributed by atoms with Crippen molar-refractivity contribution >= 4 is 34.8 Å². The lowest BCUT2D eigenvalue weighted by Gasteiger charge is -2.18. The van der Waals surface area contributed by atoms with Crippen LogP contribution in [0, 0.1) is 13.8 Å². The molecule has 27 heavy (non-hydrogen) atoms. The van der Waals surface area contributed by atoms with Crippen LogP contribution < -0.4 is 9.64 Å². The molecule has 0 bridgehead atoms. The van der Waals surface area contributed by atoms with Gasteiger partial charge in [-0.1, -0.05) is 49.7 Å². The Bertz CT molecular complexity index is 946. The molecule has 0 unspecified atom stereocenters. The summed E-state index contributed by atoms with van der Waals surface area (Å²) in [5.41, 5.74) is 3.85. The van der Waals surface area contributed by atoms with Crippen LogP contribution in [-0.2, 0) is 9.59 Å². The SMILES string of the molecule is COc1ccccc1N1C(=O)C(SC(C)C)=C(c2ccc(C)cc2C)C1=O. The van der Waals surface area contributed by atoms with E-state index in [1.807, 2.05) is 52.0 Å². The summed E-state index contributed by atoms with van der Waals surface area (Å²) in [6.07, 6.45) is 0. The van der Waals surface area contributed by atoms with Gasteiger partial charge in [-0.05, 0) is 37.1 Å². The molecule has 2 aromatic carbocycles. The second-order valence-electron chi connectivity index (χ2n) is 6.81. The minimum absolute atomic E-state index is 0.176. The van der Waals surface area contributed by atoms with Gasteiger partial charge in [0.2, 0.25) is 0 Å². The molecule has 0 spiro atoms. The summed E-state index contributed by atoms with van der Waals surface area (Å²) < 4.78 is 5.38. The zero-order valence-corrected chi connectivity index (χ0v) is 17.0. The molecule has 0 aromatic heterocycles. The van der Waals surface area contributed by atoms with Gasteiger partial charge in [-0.3, -0.25) is 9.59 Å². The molecule has 3 rings (SSSR count). The normalized spacial score (nSPS) is 14.5. The first-order chi connectivity index (χ1) is 12.8. The van der Waals surface area contributed by atoms with Crippen LogP contribution in [0.3, 0.4) is 0 Å². The summed E-state index contributed by atoms with van der Waals surface area (Å²) in [5.74, 6) is -0.104. The van der Waals surface area contributed by atoms with Gasteiger partial charge in [-0.15, -0.1) is 11.8 Å². The Morgan fingerprint density at radius 1 is 1.00 bits per heavy atom. The van der Waals surface area contributed by atoms with Crippen LogP contribution in [0.1, 0.15) is 30.5 Å². The smallest absolute Gasteiger partial charge is 0.272 e. The summed E-state index contributed by atoms with van der Waals surface area (Å²) in [5, 5.41) is 0.176. The van der Waals surface area contributed by atoms with E-state index in [1.165, 1.54) is 23.8 Å². The predicted molar refractivity (Wildman–Crippen MR) is 111 cm³/mol. The van der Waals surface area contributed by atoms with Gasteiger partial charge < -0.3 is 4.74 Å². The Balaban J connectivity index is 2.17. The van der Waals surface area contributed by atoms with Crippen molar-refractivity contribution in [1.82, 2.24) is 0 Å². The fourth-order valence-electron chi connectivity index (χ4n) is 3.22. The van der Waals surface area contributed by atoms with Crippen LogP contribution in [-0.4, -0.2) is 24.2 Å². The highest BCUT2D eigenvalue weighted by Crippen LogP contribution is 2.42. The highest BCUT2D eigenvalue weighted by atomic mass is 32.2. The molecule has 0 saturated heterocycles. The fraction of sp³-hybridized carbons (Fsp3) is 0.273. The maximum atomic E-state index is 13.4. The Morgan fingerprint density at radius 3 is 2.33 bits per heavy atom. The number of anilines is 1. The third-order valence-electron chi connectivity index (χ3n) is 4.37. The molecule has 2 aromatic rings. The number of carbonyl (C=O) groups excluding carboxylic acids is 2. The number of thioether (sulfide) groups is 1. The largest absolute Gasteiger partial charge is 0.495 e. The molecule has 0 aliphatic carbocycles. The van der Waals surface area contributed by atoms with Crippen molar-refractivity contribution in [1.29, 1.82) is 0 Å². The number of carbonyl (C=O) groups is 2. The summed E-state index contributed by atoms with van der Waals surface area (Å²) in [6.45, 7) is 8.01. The molecule has 1 aliphatic heterocycles. The lowest BCUT2D eigenvalue weighted by atomic mass is 9.98. The molecule has 0 radical (unpaired) electrons. The Kier molecular flexibility index (Phi) is 5.42. The molecule has 4 nitrogen and oxygen atoms in total. The van der Waals surface area contributed by atoms with Gasteiger partial charge in [0.15, 0.2) is 0 Å². The third kappa shape index (κ3) is 3.52. The maximum absolute atomic E-state index is 13.4. The molecule has 0 fully saturated rings. The zero-order valence-electron chi connectivity index (χ0n) is 16.2. The monoisotopic (exact) mass is 381 g/mol. The number of para-hydroxylation sites is 2. The summed E-state index contributed by atoms with van der Waals surface area (Å²) in [7, 11) is 1.53. The Morgan fingerprint density at radius 2 is 1.70 bits per heavy atom. The van der Waals surface area contributed by atoms with Crippen LogP contribution in [0.25, 0.3) is 5.57 Å². The van der Waals surface area contributed by atoms with E-state index in [9.17, 15) is 9.59 Å². The van der Waals surface area contributed by atoms with E-state index in [-0.39, 0.29) is 17.1 Å². The molecule has 0 saturated carbocycles. The molecular weight excluding hydrogens is 358 g/mol. The number of ether oxygens (including phenoxy) is 1. The molecule has 5 heteroatoms. The number of hydrogen-bond donors (Lipinski definition) is 0. The third-order valence-corrected chi connectivity index (χ3v) is 5.46. The zero-order chi connectivity index (χ0) is 19.7. The van der Waals surface area contributed by atoms with Gasteiger partial charge in [0, 0.05) is 5.25 Å². The maximum Gasteiger partial charge on any atom is 0.272 e. The Labute approximate surface area is 164 Å². The van der Waals surface area contributed by atoms with Crippen LogP contribution in [0.5, 0.6) is 5.75 Å². The summed E-state index contributed by atoms with van der Waals surface area (Å²) >= 11 is 1.43. The molecule has 2 amide bonds. The second-order valence-corrected chi connectivity index (χ2v) is 8.39. The Hall–Kier alpha value is -2.53. The minimum atomic E-state index is -0.306. The average Bonchev–Trinajstić information content (AvgIpc) is 2.85. The minimum Gasteiger partial charge on any atom is -0.495 e. The summed E-state index contributed by atoms with van der Waals surface area (Å²) in [4.78, 5) is 28.4. The molecule has 140 valence electrons. The lowest BCUT2D eigenvalue weighted by Crippen LogP contribution is -2.31. The van der Waals surface area contributed by atoms with Crippen LogP contribution >= 0.6 is 11.8 Å². The number of aryl methyl sites for hydroxylation is 2. The van der Waals surface area contributed by atoms with E-state index in [0.29, 0.717) is 21.9 Å². The molecule has 1 heterocycles. The first-order valence-electron chi connectivity index (χ1n) is 8.85. The van der Waals surface area contributed by atoms with Crippen molar-refractivity contribution in [2.45, 2.75) is 32.9 Å². The van der Waals surface area contributed by atoms with Gasteiger partial charge in [-0.2, -0.15) is 0 Å². The van der Waals surface area contributed by atoms with Gasteiger partial charge in [-0.25, -0.2) is 4.90 Å². The van der Waals surface area contributed by atoms with E-state index in [4.69, 9.17) is 4.74 Å². The first kappa shape index (κ1) is 19.2. The predicted octanol–water partition coefficient (Wildman–Crippen LogP) is 4.74. The molecule has 0 N–H and O–H groups in total. The van der Waals surface area contributed by atoms with Gasteiger partial charge in [0.25, 0.3) is 11.8 Å². The summed E-state index contributed by atoms with van der Waals surface area (Å²) in [6, 6.07) is 13.0. The second kappa shape index (κ2) is 7.61.